The fourth-order valence-electron chi connectivity index (χ4n) is 2.45. The molecule has 0 spiro atoms. The van der Waals surface area contributed by atoms with Gasteiger partial charge in [0.05, 0.1) is 12.5 Å². The maximum absolute atomic E-state index is 12.2. The van der Waals surface area contributed by atoms with Gasteiger partial charge in [-0.2, -0.15) is 0 Å². The second kappa shape index (κ2) is 9.72. The van der Waals surface area contributed by atoms with Crippen molar-refractivity contribution in [3.63, 3.8) is 0 Å². The molecule has 0 saturated carbocycles. The number of hydrogen-bond acceptors (Lipinski definition) is 6. The van der Waals surface area contributed by atoms with Crippen molar-refractivity contribution < 1.29 is 24.6 Å². The molecule has 0 aliphatic rings. The molecule has 144 valence electrons. The number of ether oxygens (including phenoxy) is 1. The van der Waals surface area contributed by atoms with E-state index in [2.05, 4.69) is 23.7 Å². The number of carbonyl (C=O) groups is 2. The number of hydrogen-bond donors (Lipinski definition) is 5. The zero-order valence-electron chi connectivity index (χ0n) is 15.4. The first-order valence-corrected chi connectivity index (χ1v) is 7.97. The second-order valence-electron chi connectivity index (χ2n) is 6.32. The number of aliphatic hydroxyl groups is 1. The van der Waals surface area contributed by atoms with Crippen molar-refractivity contribution >= 4 is 11.8 Å². The minimum atomic E-state index is -1.10. The third kappa shape index (κ3) is 6.10. The molecule has 1 aromatic carbocycles. The van der Waals surface area contributed by atoms with Crippen molar-refractivity contribution in [1.29, 1.82) is 0 Å². The zero-order valence-corrected chi connectivity index (χ0v) is 15.4. The van der Waals surface area contributed by atoms with Crippen molar-refractivity contribution in [1.82, 2.24) is 5.48 Å². The fourth-order valence-corrected chi connectivity index (χ4v) is 2.45. The zero-order chi connectivity index (χ0) is 20.6. The van der Waals surface area contributed by atoms with Crippen LogP contribution in [-0.4, -0.2) is 47.5 Å². The third-order valence-electron chi connectivity index (χ3n) is 3.70. The molecule has 0 heterocycles. The Balaban J connectivity index is 3.41. The predicted molar refractivity (Wildman–Crippen MR) is 98.4 cm³/mol. The summed E-state index contributed by atoms with van der Waals surface area (Å²) in [6, 6.07) is 4.49. The molecule has 1 aromatic rings. The highest BCUT2D eigenvalue weighted by molar-refractivity contribution is 5.97. The molecule has 2 amide bonds. The minimum absolute atomic E-state index is 0.0958. The molecule has 0 radical (unpaired) electrons. The van der Waals surface area contributed by atoms with Crippen LogP contribution in [-0.2, 0) is 9.53 Å². The molecule has 0 saturated heterocycles. The molecule has 7 N–H and O–H groups in total. The molecule has 1 rings (SSSR count). The van der Waals surface area contributed by atoms with E-state index in [1.54, 1.807) is 25.4 Å². The van der Waals surface area contributed by atoms with Crippen LogP contribution in [0.15, 0.2) is 18.2 Å². The van der Waals surface area contributed by atoms with E-state index in [1.165, 1.54) is 19.2 Å². The largest absolute Gasteiger partial charge is 0.393 e. The summed E-state index contributed by atoms with van der Waals surface area (Å²) in [7, 11) is 1.42. The highest BCUT2D eigenvalue weighted by Crippen LogP contribution is 2.30. The number of nitrogens with two attached hydrogens (primary N) is 2. The van der Waals surface area contributed by atoms with E-state index >= 15 is 0 Å². The van der Waals surface area contributed by atoms with Gasteiger partial charge in [-0.25, -0.2) is 5.48 Å². The van der Waals surface area contributed by atoms with Crippen molar-refractivity contribution in [2.24, 2.45) is 11.5 Å². The van der Waals surface area contributed by atoms with Crippen LogP contribution in [0.1, 0.15) is 41.3 Å². The minimum Gasteiger partial charge on any atom is -0.393 e. The molecule has 0 aromatic heterocycles. The highest BCUT2D eigenvalue weighted by atomic mass is 16.5. The lowest BCUT2D eigenvalue weighted by atomic mass is 9.79. The van der Waals surface area contributed by atoms with Crippen LogP contribution in [0.3, 0.4) is 0 Å². The lowest BCUT2D eigenvalue weighted by Crippen LogP contribution is -2.47. The van der Waals surface area contributed by atoms with Crippen LogP contribution < -0.4 is 16.9 Å². The van der Waals surface area contributed by atoms with Crippen LogP contribution in [0.2, 0.25) is 0 Å². The SMILES string of the molecule is COC(C#CC#Cc1ccc(C(N)=O)c([C@H](C(=O)NO)C(C)(C)N)c1)CO. The smallest absolute Gasteiger partial charge is 0.252 e. The highest BCUT2D eigenvalue weighted by Gasteiger charge is 2.35. The first-order chi connectivity index (χ1) is 12.6. The van der Waals surface area contributed by atoms with Gasteiger partial charge < -0.3 is 21.3 Å². The Labute approximate surface area is 157 Å². The van der Waals surface area contributed by atoms with Crippen LogP contribution in [0.25, 0.3) is 0 Å². The second-order valence-corrected chi connectivity index (χ2v) is 6.32. The van der Waals surface area contributed by atoms with E-state index in [-0.39, 0.29) is 17.7 Å². The Morgan fingerprint density at radius 1 is 1.33 bits per heavy atom. The van der Waals surface area contributed by atoms with Gasteiger partial charge in [-0.3, -0.25) is 14.8 Å². The van der Waals surface area contributed by atoms with E-state index in [4.69, 9.17) is 26.5 Å². The number of amides is 2. The van der Waals surface area contributed by atoms with Gasteiger partial charge in [0.25, 0.3) is 5.91 Å². The van der Waals surface area contributed by atoms with Gasteiger partial charge in [0.15, 0.2) is 0 Å². The summed E-state index contributed by atoms with van der Waals surface area (Å²) in [5.74, 6) is 7.97. The molecular formula is C19H23N3O5. The molecule has 0 bridgehead atoms. The summed E-state index contributed by atoms with van der Waals surface area (Å²) in [6.07, 6.45) is -0.636. The number of aliphatic hydroxyl groups excluding tert-OH is 1. The number of carbonyl (C=O) groups excluding carboxylic acids is 2. The summed E-state index contributed by atoms with van der Waals surface area (Å²) >= 11 is 0. The summed E-state index contributed by atoms with van der Waals surface area (Å²) in [4.78, 5) is 23.9. The molecule has 27 heavy (non-hydrogen) atoms. The number of nitrogens with one attached hydrogen (secondary N) is 1. The summed E-state index contributed by atoms with van der Waals surface area (Å²) in [5.41, 5.74) is 12.7. The van der Waals surface area contributed by atoms with Gasteiger partial charge in [-0.15, -0.1) is 0 Å². The van der Waals surface area contributed by atoms with Gasteiger partial charge in [0, 0.05) is 23.8 Å². The van der Waals surface area contributed by atoms with E-state index in [0.717, 1.165) is 0 Å². The predicted octanol–water partition coefficient (Wildman–Crippen LogP) is -0.526. The topological polar surface area (TPSA) is 148 Å². The summed E-state index contributed by atoms with van der Waals surface area (Å²) < 4.78 is 4.90. The molecule has 1 unspecified atom stereocenters. The quantitative estimate of drug-likeness (QED) is 0.257. The molecule has 0 fully saturated rings. The molecular weight excluding hydrogens is 350 g/mol. The molecule has 0 aliphatic heterocycles. The number of hydroxylamine groups is 1. The first-order valence-electron chi connectivity index (χ1n) is 7.97. The van der Waals surface area contributed by atoms with Crippen molar-refractivity contribution in [2.75, 3.05) is 13.7 Å². The normalized spacial score (nSPS) is 12.7. The third-order valence-corrected chi connectivity index (χ3v) is 3.70. The molecule has 2 atom stereocenters. The molecule has 8 heteroatoms. The number of benzene rings is 1. The monoisotopic (exact) mass is 373 g/mol. The van der Waals surface area contributed by atoms with E-state index < -0.39 is 29.4 Å². The Bertz CT molecular complexity index is 818. The van der Waals surface area contributed by atoms with Gasteiger partial charge in [-0.05, 0) is 49.5 Å². The lowest BCUT2D eigenvalue weighted by Gasteiger charge is -2.30. The van der Waals surface area contributed by atoms with Crippen LogP contribution in [0.4, 0.5) is 0 Å². The van der Waals surface area contributed by atoms with E-state index in [1.807, 2.05) is 0 Å². The Morgan fingerprint density at radius 3 is 2.48 bits per heavy atom. The van der Waals surface area contributed by atoms with Gasteiger partial charge in [0.2, 0.25) is 5.91 Å². The molecule has 0 aliphatic carbocycles. The Kier molecular flexibility index (Phi) is 7.98. The van der Waals surface area contributed by atoms with Crippen molar-refractivity contribution in [3.8, 4) is 23.7 Å². The first kappa shape index (κ1) is 22.2. The van der Waals surface area contributed by atoms with Crippen LogP contribution in [0, 0.1) is 23.7 Å². The van der Waals surface area contributed by atoms with Gasteiger partial charge in [-0.1, -0.05) is 11.8 Å². The number of primary amides is 1. The van der Waals surface area contributed by atoms with E-state index in [9.17, 15) is 9.59 Å². The van der Waals surface area contributed by atoms with Gasteiger partial charge in [0.1, 0.15) is 6.10 Å². The Hall–Kier alpha value is -2.88. The summed E-state index contributed by atoms with van der Waals surface area (Å²) in [5, 5.41) is 18.0. The average Bonchev–Trinajstić information content (AvgIpc) is 2.60. The average molecular weight is 373 g/mol. The Morgan fingerprint density at radius 2 is 2.00 bits per heavy atom. The van der Waals surface area contributed by atoms with Crippen LogP contribution in [0.5, 0.6) is 0 Å². The maximum Gasteiger partial charge on any atom is 0.252 e. The number of methoxy groups -OCH3 is 1. The van der Waals surface area contributed by atoms with Crippen molar-refractivity contribution in [2.45, 2.75) is 31.4 Å². The number of rotatable bonds is 6. The van der Waals surface area contributed by atoms with Gasteiger partial charge >= 0.3 is 0 Å². The maximum atomic E-state index is 12.2. The summed E-state index contributed by atoms with van der Waals surface area (Å²) in [6.45, 7) is 2.91. The molecule has 8 nitrogen and oxygen atoms in total. The fraction of sp³-hybridized carbons (Fsp3) is 0.368. The van der Waals surface area contributed by atoms with E-state index in [0.29, 0.717) is 5.56 Å². The standard InChI is InChI=1S/C19H23N3O5/c1-19(2,21)16(18(25)22-26)15-10-12(8-9-14(15)17(20)24)6-4-5-7-13(11-23)27-3/h8-10,13,16,23,26H,11,21H2,1-3H3,(H2,20,24)(H,22,25)/t13?,16-/m1/s1. The lowest BCUT2D eigenvalue weighted by molar-refractivity contribution is -0.132. The van der Waals surface area contributed by atoms with Crippen LogP contribution >= 0.6 is 0 Å². The van der Waals surface area contributed by atoms with Crippen molar-refractivity contribution in [3.05, 3.63) is 34.9 Å².